The lowest BCUT2D eigenvalue weighted by molar-refractivity contribution is 0.379. The van der Waals surface area contributed by atoms with Gasteiger partial charge in [-0.3, -0.25) is 0 Å². The SMILES string of the molecule is CC(C)c1cc(C2CCc3cc(OCPO)cc(Br)c32)ccc1O. The molecule has 2 atom stereocenters. The van der Waals surface area contributed by atoms with Crippen molar-refractivity contribution in [3.63, 3.8) is 0 Å². The van der Waals surface area contributed by atoms with Gasteiger partial charge in [-0.2, -0.15) is 0 Å². The molecule has 0 aromatic heterocycles. The van der Waals surface area contributed by atoms with Gasteiger partial charge >= 0.3 is 0 Å². The monoisotopic (exact) mass is 408 g/mol. The van der Waals surface area contributed by atoms with Crippen LogP contribution in [0, 0.1) is 0 Å². The topological polar surface area (TPSA) is 49.7 Å². The molecular weight excluding hydrogens is 387 g/mol. The van der Waals surface area contributed by atoms with Crippen LogP contribution in [-0.2, 0) is 6.42 Å². The van der Waals surface area contributed by atoms with Gasteiger partial charge in [0.15, 0.2) is 0 Å². The number of aryl methyl sites for hydroxylation is 1. The summed E-state index contributed by atoms with van der Waals surface area (Å²) in [5.41, 5.74) is 4.86. The van der Waals surface area contributed by atoms with Crippen LogP contribution in [0.3, 0.4) is 0 Å². The molecule has 0 saturated heterocycles. The highest BCUT2D eigenvalue weighted by Gasteiger charge is 2.28. The summed E-state index contributed by atoms with van der Waals surface area (Å²) in [6, 6.07) is 10.1. The van der Waals surface area contributed by atoms with Gasteiger partial charge in [0.25, 0.3) is 0 Å². The molecule has 2 unspecified atom stereocenters. The number of fused-ring (bicyclic) bond motifs is 1. The minimum atomic E-state index is -0.204. The first-order chi connectivity index (χ1) is 11.5. The summed E-state index contributed by atoms with van der Waals surface area (Å²) < 4.78 is 6.62. The van der Waals surface area contributed by atoms with Gasteiger partial charge in [-0.05, 0) is 59.2 Å². The summed E-state index contributed by atoms with van der Waals surface area (Å²) in [4.78, 5) is 8.94. The van der Waals surface area contributed by atoms with Crippen molar-refractivity contribution < 1.29 is 14.7 Å². The van der Waals surface area contributed by atoms with Crippen molar-refractivity contribution >= 4 is 24.7 Å². The molecule has 2 aromatic rings. The number of hydrogen-bond acceptors (Lipinski definition) is 3. The van der Waals surface area contributed by atoms with E-state index in [0.717, 1.165) is 28.6 Å². The van der Waals surface area contributed by atoms with Crippen LogP contribution >= 0.6 is 24.7 Å². The number of halogens is 1. The number of ether oxygens (including phenoxy) is 1. The third-order valence-electron chi connectivity index (χ3n) is 4.62. The van der Waals surface area contributed by atoms with Crippen LogP contribution in [-0.4, -0.2) is 16.3 Å². The normalized spacial score (nSPS) is 17.0. The average Bonchev–Trinajstić information content (AvgIpc) is 2.97. The van der Waals surface area contributed by atoms with E-state index in [1.54, 1.807) is 0 Å². The van der Waals surface area contributed by atoms with E-state index in [1.165, 1.54) is 16.7 Å². The molecule has 0 spiro atoms. The Morgan fingerprint density at radius 3 is 2.79 bits per heavy atom. The van der Waals surface area contributed by atoms with Crippen molar-refractivity contribution in [3.05, 3.63) is 57.1 Å². The van der Waals surface area contributed by atoms with E-state index in [-0.39, 0.29) is 8.81 Å². The van der Waals surface area contributed by atoms with E-state index in [9.17, 15) is 5.11 Å². The summed E-state index contributed by atoms with van der Waals surface area (Å²) in [6.45, 7) is 4.20. The van der Waals surface area contributed by atoms with Gasteiger partial charge in [0.2, 0.25) is 0 Å². The Hall–Kier alpha value is -1.09. The van der Waals surface area contributed by atoms with Gasteiger partial charge in [0.05, 0.1) is 0 Å². The predicted molar refractivity (Wildman–Crippen MR) is 103 cm³/mol. The minimum Gasteiger partial charge on any atom is -0.508 e. The van der Waals surface area contributed by atoms with Gasteiger partial charge in [-0.1, -0.05) is 41.9 Å². The molecule has 1 aliphatic rings. The molecule has 0 aliphatic heterocycles. The second kappa shape index (κ2) is 7.43. The number of rotatable bonds is 5. The van der Waals surface area contributed by atoms with Crippen molar-refractivity contribution in [2.75, 3.05) is 6.35 Å². The largest absolute Gasteiger partial charge is 0.508 e. The second-order valence-corrected chi connectivity index (χ2v) is 7.95. The van der Waals surface area contributed by atoms with Gasteiger partial charge in [0.1, 0.15) is 17.8 Å². The number of aromatic hydroxyl groups is 1. The fraction of sp³-hybridized carbons (Fsp3) is 0.368. The quantitative estimate of drug-likeness (QED) is 0.661. The highest BCUT2D eigenvalue weighted by Crippen LogP contribution is 2.45. The number of phenols is 1. The Morgan fingerprint density at radius 1 is 1.29 bits per heavy atom. The van der Waals surface area contributed by atoms with Crippen LogP contribution < -0.4 is 4.74 Å². The van der Waals surface area contributed by atoms with Crippen molar-refractivity contribution in [2.45, 2.75) is 38.5 Å². The Balaban J connectivity index is 1.96. The zero-order valence-electron chi connectivity index (χ0n) is 13.8. The van der Waals surface area contributed by atoms with Crippen LogP contribution in [0.5, 0.6) is 11.5 Å². The van der Waals surface area contributed by atoms with Gasteiger partial charge in [-0.25, -0.2) is 0 Å². The molecule has 0 fully saturated rings. The van der Waals surface area contributed by atoms with Crippen molar-refractivity contribution in [3.8, 4) is 11.5 Å². The molecule has 24 heavy (non-hydrogen) atoms. The van der Waals surface area contributed by atoms with E-state index >= 15 is 0 Å². The Bertz CT molecular complexity index is 746. The first-order valence-corrected chi connectivity index (χ1v) is 10.1. The maximum atomic E-state index is 10.1. The minimum absolute atomic E-state index is 0.204. The van der Waals surface area contributed by atoms with Gasteiger partial charge in [0, 0.05) is 19.2 Å². The molecule has 2 aromatic carbocycles. The fourth-order valence-electron chi connectivity index (χ4n) is 3.47. The van der Waals surface area contributed by atoms with E-state index in [1.807, 2.05) is 18.2 Å². The summed E-state index contributed by atoms with van der Waals surface area (Å²) in [6.07, 6.45) is 2.40. The van der Waals surface area contributed by atoms with Gasteiger partial charge in [-0.15, -0.1) is 0 Å². The molecule has 5 heteroatoms. The highest BCUT2D eigenvalue weighted by atomic mass is 79.9. The predicted octanol–water partition coefficient (Wildman–Crippen LogP) is 5.28. The maximum absolute atomic E-state index is 10.1. The van der Waals surface area contributed by atoms with E-state index in [2.05, 4.69) is 41.9 Å². The van der Waals surface area contributed by atoms with Crippen molar-refractivity contribution in [1.82, 2.24) is 0 Å². The summed E-state index contributed by atoms with van der Waals surface area (Å²) >= 11 is 3.70. The Labute approximate surface area is 153 Å². The fourth-order valence-corrected chi connectivity index (χ4v) is 4.46. The molecule has 128 valence electrons. The zero-order chi connectivity index (χ0) is 17.3. The standard InChI is InChI=1S/C19H22BrO3P/c1-11(2)16-8-12(4-6-18(16)21)15-5-3-13-7-14(23-10-24-22)9-17(20)19(13)15/h4,6-9,11,15,21-22,24H,3,5,10H2,1-2H3. The molecular formula is C19H22BrO3P. The lowest BCUT2D eigenvalue weighted by Gasteiger charge is -2.18. The molecule has 0 saturated carbocycles. The lowest BCUT2D eigenvalue weighted by atomic mass is 9.89. The van der Waals surface area contributed by atoms with E-state index < -0.39 is 0 Å². The van der Waals surface area contributed by atoms with Crippen LogP contribution in [0.2, 0.25) is 0 Å². The zero-order valence-corrected chi connectivity index (χ0v) is 16.4. The Morgan fingerprint density at radius 2 is 2.08 bits per heavy atom. The molecule has 0 bridgehead atoms. The van der Waals surface area contributed by atoms with Crippen LogP contribution in [0.4, 0.5) is 0 Å². The first-order valence-electron chi connectivity index (χ1n) is 8.16. The number of benzene rings is 2. The lowest BCUT2D eigenvalue weighted by Crippen LogP contribution is -2.00. The molecule has 0 amide bonds. The van der Waals surface area contributed by atoms with E-state index in [0.29, 0.717) is 23.9 Å². The van der Waals surface area contributed by atoms with Crippen molar-refractivity contribution in [2.24, 2.45) is 0 Å². The molecule has 3 nitrogen and oxygen atoms in total. The average molecular weight is 409 g/mol. The van der Waals surface area contributed by atoms with E-state index in [4.69, 9.17) is 9.63 Å². The smallest absolute Gasteiger partial charge is 0.129 e. The van der Waals surface area contributed by atoms with Crippen molar-refractivity contribution in [1.29, 1.82) is 0 Å². The number of hydrogen-bond donors (Lipinski definition) is 2. The van der Waals surface area contributed by atoms with Gasteiger partial charge < -0.3 is 14.7 Å². The third kappa shape index (κ3) is 3.46. The van der Waals surface area contributed by atoms with Crippen LogP contribution in [0.25, 0.3) is 0 Å². The molecule has 2 N–H and O–H groups in total. The summed E-state index contributed by atoms with van der Waals surface area (Å²) in [5, 5.41) is 10.1. The molecule has 1 aliphatic carbocycles. The second-order valence-electron chi connectivity index (χ2n) is 6.49. The van der Waals surface area contributed by atoms with Crippen LogP contribution in [0.15, 0.2) is 34.8 Å². The number of phenolic OH excluding ortho intramolecular Hbond substituents is 1. The summed E-state index contributed by atoms with van der Waals surface area (Å²) in [7, 11) is -0.204. The third-order valence-corrected chi connectivity index (χ3v) is 5.55. The Kier molecular flexibility index (Phi) is 5.49. The molecule has 0 heterocycles. The molecule has 0 radical (unpaired) electrons. The molecule has 3 rings (SSSR count). The summed E-state index contributed by atoms with van der Waals surface area (Å²) in [5.74, 6) is 1.81. The highest BCUT2D eigenvalue weighted by molar-refractivity contribution is 9.10. The van der Waals surface area contributed by atoms with Crippen LogP contribution in [0.1, 0.15) is 54.4 Å². The maximum Gasteiger partial charge on any atom is 0.129 e. The first kappa shape index (κ1) is 17.7.